The molecular weight excluding hydrogens is 502 g/mol. The largest absolute Gasteiger partial charge is 0.497 e. The Hall–Kier alpha value is -2.87. The minimum absolute atomic E-state index is 0.0589. The van der Waals surface area contributed by atoms with Crippen molar-refractivity contribution in [3.05, 3.63) is 53.6 Å². The lowest BCUT2D eigenvalue weighted by Crippen LogP contribution is -2.60. The minimum Gasteiger partial charge on any atom is -0.497 e. The van der Waals surface area contributed by atoms with Gasteiger partial charge in [0, 0.05) is 30.4 Å². The third kappa shape index (κ3) is 5.58. The number of hydrogen-bond acceptors (Lipinski definition) is 5. The first-order valence-corrected chi connectivity index (χ1v) is 14.3. The molecule has 6 nitrogen and oxygen atoms in total. The second kappa shape index (κ2) is 10.3. The Labute approximate surface area is 228 Å². The normalized spacial score (nSPS) is 23.1. The predicted molar refractivity (Wildman–Crippen MR) is 145 cm³/mol. The minimum atomic E-state index is -2.57. The Balaban J connectivity index is 1.09. The highest BCUT2D eigenvalue weighted by molar-refractivity contribution is 5.68. The molecule has 2 aromatic carbocycles. The summed E-state index contributed by atoms with van der Waals surface area (Å²) in [6, 6.07) is 14.1. The van der Waals surface area contributed by atoms with Gasteiger partial charge in [-0.05, 0) is 85.6 Å². The van der Waals surface area contributed by atoms with E-state index in [9.17, 15) is 18.7 Å². The number of carbonyl (C=O) groups is 1. The molecule has 2 aliphatic heterocycles. The van der Waals surface area contributed by atoms with Crippen LogP contribution in [0.5, 0.6) is 11.5 Å². The van der Waals surface area contributed by atoms with Crippen LogP contribution in [0.2, 0.25) is 0 Å². The van der Waals surface area contributed by atoms with Gasteiger partial charge in [0.05, 0.1) is 33.2 Å². The van der Waals surface area contributed by atoms with E-state index in [1.807, 2.05) is 35.2 Å². The fraction of sp³-hybridized carbons (Fsp3) is 0.581. The van der Waals surface area contributed by atoms with Crippen LogP contribution in [-0.2, 0) is 10.3 Å². The van der Waals surface area contributed by atoms with Crippen LogP contribution in [0.15, 0.2) is 42.5 Å². The van der Waals surface area contributed by atoms with E-state index >= 15 is 0 Å². The average Bonchev–Trinajstić information content (AvgIpc) is 3.84. The van der Waals surface area contributed by atoms with E-state index < -0.39 is 11.9 Å². The molecule has 39 heavy (non-hydrogen) atoms. The molecule has 210 valence electrons. The molecule has 2 saturated carbocycles. The van der Waals surface area contributed by atoms with Crippen molar-refractivity contribution in [2.24, 2.45) is 11.8 Å². The summed E-state index contributed by atoms with van der Waals surface area (Å²) in [4.78, 5) is 15.7. The second-order valence-electron chi connectivity index (χ2n) is 12.0. The molecule has 0 aromatic heterocycles. The molecule has 0 amide bonds. The third-order valence-corrected chi connectivity index (χ3v) is 9.19. The Kier molecular flexibility index (Phi) is 6.94. The standard InChI is InChI=1S/C31H38F2N2O4/c1-38-24-7-8-27(30(11-12-30)35-19-31(32,33)20-35)28(16-24)34-13-9-21(10-14-34)18-39-25-4-2-3-23(15-25)26(17-29(36)37)22-5-6-22/h2-4,7-8,15-16,21-22,26H,5-6,9-14,17-20H2,1H3,(H,36,37)/t26-/m0/s1. The van der Waals surface area contributed by atoms with Gasteiger partial charge in [-0.15, -0.1) is 0 Å². The van der Waals surface area contributed by atoms with E-state index in [1.54, 1.807) is 7.11 Å². The molecule has 0 unspecified atom stereocenters. The fourth-order valence-corrected chi connectivity index (χ4v) is 6.62. The van der Waals surface area contributed by atoms with Crippen molar-refractivity contribution in [3.8, 4) is 11.5 Å². The first-order valence-electron chi connectivity index (χ1n) is 14.3. The summed E-state index contributed by atoms with van der Waals surface area (Å²) in [5.74, 6) is -0.784. The molecule has 4 fully saturated rings. The first kappa shape index (κ1) is 26.4. The van der Waals surface area contributed by atoms with Crippen molar-refractivity contribution in [1.82, 2.24) is 4.90 Å². The molecule has 6 rings (SSSR count). The van der Waals surface area contributed by atoms with Gasteiger partial charge in [0.2, 0.25) is 0 Å². The van der Waals surface area contributed by atoms with Crippen LogP contribution in [0.3, 0.4) is 0 Å². The molecule has 0 spiro atoms. The Bertz CT molecular complexity index is 1200. The van der Waals surface area contributed by atoms with Crippen molar-refractivity contribution < 1.29 is 28.2 Å². The molecule has 0 bridgehead atoms. The van der Waals surface area contributed by atoms with Crippen molar-refractivity contribution in [3.63, 3.8) is 0 Å². The number of rotatable bonds is 11. The van der Waals surface area contributed by atoms with E-state index in [0.717, 1.165) is 79.9 Å². The number of carboxylic acid groups (broad SMARTS) is 1. The summed E-state index contributed by atoms with van der Waals surface area (Å²) in [6.45, 7) is 2.07. The number of anilines is 1. The predicted octanol–water partition coefficient (Wildman–Crippen LogP) is 5.90. The van der Waals surface area contributed by atoms with Crippen LogP contribution in [0.4, 0.5) is 14.5 Å². The number of carboxylic acids is 1. The molecule has 4 aliphatic rings. The van der Waals surface area contributed by atoms with E-state index in [-0.39, 0.29) is 31.0 Å². The zero-order valence-electron chi connectivity index (χ0n) is 22.6. The van der Waals surface area contributed by atoms with E-state index in [2.05, 4.69) is 17.0 Å². The summed E-state index contributed by atoms with van der Waals surface area (Å²) < 4.78 is 39.2. The number of halogens is 2. The number of alkyl halides is 2. The average molecular weight is 541 g/mol. The van der Waals surface area contributed by atoms with Crippen LogP contribution >= 0.6 is 0 Å². The molecule has 1 N–H and O–H groups in total. The zero-order chi connectivity index (χ0) is 27.2. The van der Waals surface area contributed by atoms with Crippen molar-refractivity contribution in [2.75, 3.05) is 44.8 Å². The topological polar surface area (TPSA) is 62.2 Å². The molecule has 8 heteroatoms. The van der Waals surface area contributed by atoms with E-state index in [1.165, 1.54) is 0 Å². The Morgan fingerprint density at radius 1 is 1.05 bits per heavy atom. The Morgan fingerprint density at radius 3 is 2.41 bits per heavy atom. The summed E-state index contributed by atoms with van der Waals surface area (Å²) in [5.41, 5.74) is 3.05. The van der Waals surface area contributed by atoms with Gasteiger partial charge in [-0.3, -0.25) is 9.69 Å². The second-order valence-corrected chi connectivity index (χ2v) is 12.0. The number of ether oxygens (including phenoxy) is 2. The SMILES string of the molecule is COc1ccc(C2(N3CC(F)(F)C3)CC2)c(N2CCC(COc3cccc([C@@H](CC(=O)O)C4CC4)c3)CC2)c1. The number of likely N-dealkylation sites (tertiary alicyclic amines) is 1. The number of benzene rings is 2. The smallest absolute Gasteiger partial charge is 0.303 e. The lowest BCUT2D eigenvalue weighted by Gasteiger charge is -2.46. The summed E-state index contributed by atoms with van der Waals surface area (Å²) in [7, 11) is 1.66. The van der Waals surface area contributed by atoms with Crippen LogP contribution in [-0.4, -0.2) is 61.8 Å². The summed E-state index contributed by atoms with van der Waals surface area (Å²) in [6.07, 6.45) is 6.16. The lowest BCUT2D eigenvalue weighted by molar-refractivity contribution is -0.153. The zero-order valence-corrected chi connectivity index (χ0v) is 22.6. The molecule has 1 atom stereocenters. The van der Waals surface area contributed by atoms with Gasteiger partial charge in [-0.1, -0.05) is 18.2 Å². The molecule has 2 aliphatic carbocycles. The van der Waals surface area contributed by atoms with Crippen molar-refractivity contribution >= 4 is 11.7 Å². The monoisotopic (exact) mass is 540 g/mol. The van der Waals surface area contributed by atoms with Gasteiger partial charge in [0.25, 0.3) is 5.92 Å². The molecule has 2 saturated heterocycles. The highest BCUT2D eigenvalue weighted by atomic mass is 19.3. The number of hydrogen-bond donors (Lipinski definition) is 1. The van der Waals surface area contributed by atoms with Crippen molar-refractivity contribution in [2.45, 2.75) is 62.3 Å². The first-order chi connectivity index (χ1) is 18.8. The summed E-state index contributed by atoms with van der Waals surface area (Å²) >= 11 is 0. The van der Waals surface area contributed by atoms with Gasteiger partial charge in [-0.25, -0.2) is 8.78 Å². The third-order valence-electron chi connectivity index (χ3n) is 9.19. The van der Waals surface area contributed by atoms with Gasteiger partial charge in [0.1, 0.15) is 11.5 Å². The van der Waals surface area contributed by atoms with Crippen LogP contribution in [0.1, 0.15) is 62.0 Å². The molecular formula is C31H38F2N2O4. The maximum atomic E-state index is 13.7. The van der Waals surface area contributed by atoms with Crippen LogP contribution in [0.25, 0.3) is 0 Å². The highest BCUT2D eigenvalue weighted by Gasteiger charge is 2.60. The Morgan fingerprint density at radius 2 is 1.79 bits per heavy atom. The van der Waals surface area contributed by atoms with Crippen LogP contribution < -0.4 is 14.4 Å². The quantitative estimate of drug-likeness (QED) is 0.383. The highest BCUT2D eigenvalue weighted by Crippen LogP contribution is 2.57. The van der Waals surface area contributed by atoms with Gasteiger partial charge >= 0.3 is 5.97 Å². The molecule has 2 aromatic rings. The number of aliphatic carboxylic acids is 1. The fourth-order valence-electron chi connectivity index (χ4n) is 6.62. The molecule has 2 heterocycles. The van der Waals surface area contributed by atoms with Gasteiger partial charge in [-0.2, -0.15) is 0 Å². The van der Waals surface area contributed by atoms with E-state index in [4.69, 9.17) is 9.47 Å². The van der Waals surface area contributed by atoms with Gasteiger partial charge < -0.3 is 19.5 Å². The van der Waals surface area contributed by atoms with Crippen molar-refractivity contribution in [1.29, 1.82) is 0 Å². The maximum absolute atomic E-state index is 13.7. The summed E-state index contributed by atoms with van der Waals surface area (Å²) in [5, 5.41) is 9.35. The number of piperidine rings is 1. The van der Waals surface area contributed by atoms with Gasteiger partial charge in [0.15, 0.2) is 0 Å². The number of nitrogens with zero attached hydrogens (tertiary/aromatic N) is 2. The number of methoxy groups -OCH3 is 1. The molecule has 0 radical (unpaired) electrons. The van der Waals surface area contributed by atoms with E-state index in [0.29, 0.717) is 18.4 Å². The lowest BCUT2D eigenvalue weighted by atomic mass is 9.91. The maximum Gasteiger partial charge on any atom is 0.303 e. The van der Waals surface area contributed by atoms with Crippen LogP contribution in [0, 0.1) is 11.8 Å².